The molecule has 4 aliphatic rings. The molecule has 4 aliphatic carbocycles. The van der Waals surface area contributed by atoms with Crippen molar-refractivity contribution in [1.29, 1.82) is 0 Å². The van der Waals surface area contributed by atoms with Crippen LogP contribution in [0.3, 0.4) is 0 Å². The van der Waals surface area contributed by atoms with Crippen molar-refractivity contribution in [2.45, 2.75) is 51.5 Å². The van der Waals surface area contributed by atoms with Crippen molar-refractivity contribution in [2.24, 2.45) is 29.6 Å². The molecule has 114 valence electrons. The molecule has 1 aromatic carbocycles. The Hall–Kier alpha value is -0.820. The quantitative estimate of drug-likeness (QED) is 0.751. The van der Waals surface area contributed by atoms with E-state index in [-0.39, 0.29) is 0 Å². The van der Waals surface area contributed by atoms with Crippen LogP contribution in [0.1, 0.15) is 50.5 Å². The Balaban J connectivity index is 1.19. The highest BCUT2D eigenvalue weighted by atomic mass is 14.8. The molecule has 21 heavy (non-hydrogen) atoms. The molecule has 0 heterocycles. The maximum Gasteiger partial charge on any atom is 0.0205 e. The zero-order valence-corrected chi connectivity index (χ0v) is 13.1. The molecule has 1 nitrogen and oxygen atoms in total. The normalized spacial score (nSPS) is 37.0. The molecule has 1 N–H and O–H groups in total. The van der Waals surface area contributed by atoms with E-state index in [1.165, 1.54) is 24.9 Å². The standard InChI is InChI=1S/C20H29N/c1-2-5-15(6-3-1)14-21-8-4-7-20-18-10-16-9-17(12-18)13-19(20)11-16/h1-3,5-6,16-21H,4,7-14H2. The highest BCUT2D eigenvalue weighted by Gasteiger charge is 2.47. The van der Waals surface area contributed by atoms with Gasteiger partial charge < -0.3 is 5.32 Å². The summed E-state index contributed by atoms with van der Waals surface area (Å²) in [4.78, 5) is 0. The third-order valence-corrected chi connectivity index (χ3v) is 6.48. The van der Waals surface area contributed by atoms with E-state index >= 15 is 0 Å². The Morgan fingerprint density at radius 3 is 2.19 bits per heavy atom. The van der Waals surface area contributed by atoms with Gasteiger partial charge in [-0.25, -0.2) is 0 Å². The van der Waals surface area contributed by atoms with Gasteiger partial charge >= 0.3 is 0 Å². The van der Waals surface area contributed by atoms with Crippen LogP contribution < -0.4 is 5.32 Å². The maximum atomic E-state index is 3.62. The molecule has 4 fully saturated rings. The van der Waals surface area contributed by atoms with Crippen molar-refractivity contribution in [3.8, 4) is 0 Å². The SMILES string of the molecule is c1ccc(CNCCCC2C3CC4CC(C3)CC2C4)cc1. The molecule has 0 unspecified atom stereocenters. The molecule has 0 atom stereocenters. The van der Waals surface area contributed by atoms with E-state index in [4.69, 9.17) is 0 Å². The third-order valence-electron chi connectivity index (χ3n) is 6.48. The van der Waals surface area contributed by atoms with Crippen molar-refractivity contribution >= 4 is 0 Å². The van der Waals surface area contributed by atoms with Gasteiger partial charge in [0, 0.05) is 6.54 Å². The first-order valence-corrected chi connectivity index (χ1v) is 9.13. The van der Waals surface area contributed by atoms with Gasteiger partial charge in [0.25, 0.3) is 0 Å². The summed E-state index contributed by atoms with van der Waals surface area (Å²) in [5, 5.41) is 3.62. The predicted molar refractivity (Wildman–Crippen MR) is 87.9 cm³/mol. The van der Waals surface area contributed by atoms with Crippen molar-refractivity contribution in [2.75, 3.05) is 6.54 Å². The van der Waals surface area contributed by atoms with Crippen LogP contribution in [-0.4, -0.2) is 6.54 Å². The minimum Gasteiger partial charge on any atom is -0.313 e. The van der Waals surface area contributed by atoms with Crippen molar-refractivity contribution < 1.29 is 0 Å². The largest absolute Gasteiger partial charge is 0.313 e. The lowest BCUT2D eigenvalue weighted by Crippen LogP contribution is -2.45. The molecule has 5 rings (SSSR count). The number of benzene rings is 1. The van der Waals surface area contributed by atoms with E-state index in [1.54, 1.807) is 32.1 Å². The molecule has 0 amide bonds. The van der Waals surface area contributed by atoms with E-state index in [9.17, 15) is 0 Å². The van der Waals surface area contributed by atoms with E-state index < -0.39 is 0 Å². The second-order valence-electron chi connectivity index (χ2n) is 7.90. The molecular weight excluding hydrogens is 254 g/mol. The highest BCUT2D eigenvalue weighted by molar-refractivity contribution is 5.14. The van der Waals surface area contributed by atoms with Crippen LogP contribution in [0, 0.1) is 29.6 Å². The van der Waals surface area contributed by atoms with Crippen molar-refractivity contribution in [1.82, 2.24) is 5.32 Å². The van der Waals surface area contributed by atoms with Gasteiger partial charge in [0.2, 0.25) is 0 Å². The Labute approximate surface area is 129 Å². The summed E-state index contributed by atoms with van der Waals surface area (Å²) in [6.45, 7) is 2.22. The summed E-state index contributed by atoms with van der Waals surface area (Å²) in [5.41, 5.74) is 1.41. The Bertz CT molecular complexity index is 424. The van der Waals surface area contributed by atoms with Gasteiger partial charge in [0.05, 0.1) is 0 Å². The number of nitrogens with one attached hydrogen (secondary N) is 1. The van der Waals surface area contributed by atoms with Crippen LogP contribution in [0.2, 0.25) is 0 Å². The van der Waals surface area contributed by atoms with Crippen LogP contribution in [-0.2, 0) is 6.54 Å². The number of hydrogen-bond acceptors (Lipinski definition) is 1. The fourth-order valence-electron chi connectivity index (χ4n) is 5.80. The smallest absolute Gasteiger partial charge is 0.0205 e. The minimum absolute atomic E-state index is 1.03. The molecule has 1 heteroatoms. The fourth-order valence-corrected chi connectivity index (χ4v) is 5.80. The zero-order valence-electron chi connectivity index (χ0n) is 13.1. The molecule has 4 saturated carbocycles. The highest BCUT2D eigenvalue weighted by Crippen LogP contribution is 2.57. The van der Waals surface area contributed by atoms with Gasteiger partial charge in [-0.15, -0.1) is 0 Å². The molecule has 0 radical (unpaired) electrons. The summed E-state index contributed by atoms with van der Waals surface area (Å²) in [6, 6.07) is 10.8. The minimum atomic E-state index is 1.03. The maximum absolute atomic E-state index is 3.62. The molecule has 1 aromatic rings. The summed E-state index contributed by atoms with van der Waals surface area (Å²) < 4.78 is 0. The van der Waals surface area contributed by atoms with Crippen molar-refractivity contribution in [3.63, 3.8) is 0 Å². The molecular formula is C20H29N. The summed E-state index contributed by atoms with van der Waals surface area (Å²) >= 11 is 0. The van der Waals surface area contributed by atoms with Gasteiger partial charge in [-0.05, 0) is 86.6 Å². The molecule has 4 bridgehead atoms. The lowest BCUT2D eigenvalue weighted by Gasteiger charge is -2.54. The van der Waals surface area contributed by atoms with E-state index in [1.807, 2.05) is 0 Å². The van der Waals surface area contributed by atoms with Crippen LogP contribution >= 0.6 is 0 Å². The first-order chi connectivity index (χ1) is 10.4. The van der Waals surface area contributed by atoms with Gasteiger partial charge in [-0.2, -0.15) is 0 Å². The van der Waals surface area contributed by atoms with Crippen LogP contribution in [0.15, 0.2) is 30.3 Å². The predicted octanol–water partition coefficient (Wildman–Crippen LogP) is 4.63. The lowest BCUT2D eigenvalue weighted by molar-refractivity contribution is -0.0401. The average Bonchev–Trinajstić information content (AvgIpc) is 2.50. The van der Waals surface area contributed by atoms with Gasteiger partial charge in [0.15, 0.2) is 0 Å². The summed E-state index contributed by atoms with van der Waals surface area (Å²) in [7, 11) is 0. The van der Waals surface area contributed by atoms with E-state index in [2.05, 4.69) is 35.6 Å². The second kappa shape index (κ2) is 6.12. The monoisotopic (exact) mass is 283 g/mol. The zero-order chi connectivity index (χ0) is 14.1. The number of hydrogen-bond donors (Lipinski definition) is 1. The lowest BCUT2D eigenvalue weighted by atomic mass is 9.51. The Kier molecular flexibility index (Phi) is 4.03. The number of rotatable bonds is 6. The van der Waals surface area contributed by atoms with E-state index in [0.717, 1.165) is 36.1 Å². The Morgan fingerprint density at radius 1 is 0.857 bits per heavy atom. The third kappa shape index (κ3) is 3.04. The Morgan fingerprint density at radius 2 is 1.52 bits per heavy atom. The topological polar surface area (TPSA) is 12.0 Å². The summed E-state index contributed by atoms with van der Waals surface area (Å²) in [6.07, 6.45) is 10.8. The molecule has 0 saturated heterocycles. The van der Waals surface area contributed by atoms with Crippen molar-refractivity contribution in [3.05, 3.63) is 35.9 Å². The molecule has 0 spiro atoms. The second-order valence-corrected chi connectivity index (χ2v) is 7.90. The molecule has 0 aliphatic heterocycles. The first-order valence-electron chi connectivity index (χ1n) is 9.13. The van der Waals surface area contributed by atoms with Gasteiger partial charge in [-0.1, -0.05) is 30.3 Å². The van der Waals surface area contributed by atoms with Crippen LogP contribution in [0.25, 0.3) is 0 Å². The first kappa shape index (κ1) is 13.8. The summed E-state index contributed by atoms with van der Waals surface area (Å²) in [5.74, 6) is 5.54. The van der Waals surface area contributed by atoms with Crippen LogP contribution in [0.4, 0.5) is 0 Å². The average molecular weight is 283 g/mol. The van der Waals surface area contributed by atoms with Gasteiger partial charge in [0.1, 0.15) is 0 Å². The van der Waals surface area contributed by atoms with Gasteiger partial charge in [-0.3, -0.25) is 0 Å². The fraction of sp³-hybridized carbons (Fsp3) is 0.700. The molecule has 0 aromatic heterocycles. The van der Waals surface area contributed by atoms with E-state index in [0.29, 0.717) is 0 Å². The van der Waals surface area contributed by atoms with Crippen LogP contribution in [0.5, 0.6) is 0 Å².